The first-order valence-electron chi connectivity index (χ1n) is 9.11. The van der Waals surface area contributed by atoms with Gasteiger partial charge in [-0.2, -0.15) is 22.7 Å². The maximum Gasteiger partial charge on any atom is 0.416 e. The minimum absolute atomic E-state index is 0.00533. The summed E-state index contributed by atoms with van der Waals surface area (Å²) >= 11 is 0. The van der Waals surface area contributed by atoms with Crippen molar-refractivity contribution >= 4 is 22.8 Å². The summed E-state index contributed by atoms with van der Waals surface area (Å²) in [5, 5.41) is 6.97. The Balaban J connectivity index is 1.79. The zero-order valence-electron chi connectivity index (χ0n) is 16.0. The van der Waals surface area contributed by atoms with Crippen LogP contribution in [0.15, 0.2) is 42.6 Å². The van der Waals surface area contributed by atoms with E-state index < -0.39 is 29.2 Å². The van der Waals surface area contributed by atoms with E-state index in [1.165, 1.54) is 22.8 Å². The summed E-state index contributed by atoms with van der Waals surface area (Å²) in [4.78, 5) is 8.13. The van der Waals surface area contributed by atoms with Crippen LogP contribution in [0.5, 0.6) is 0 Å². The number of fused-ring (bicyclic) bond motifs is 1. The molecule has 0 fully saturated rings. The fourth-order valence-electron chi connectivity index (χ4n) is 3.10. The van der Waals surface area contributed by atoms with Gasteiger partial charge in [0.05, 0.1) is 22.3 Å². The molecule has 0 radical (unpaired) electrons. The maximum atomic E-state index is 14.6. The number of alkyl halides is 3. The van der Waals surface area contributed by atoms with E-state index in [-0.39, 0.29) is 17.3 Å². The van der Waals surface area contributed by atoms with Gasteiger partial charge in [0.1, 0.15) is 5.82 Å². The van der Waals surface area contributed by atoms with Gasteiger partial charge in [-0.1, -0.05) is 6.92 Å². The average molecular weight is 434 g/mol. The van der Waals surface area contributed by atoms with Crippen molar-refractivity contribution in [3.63, 3.8) is 0 Å². The summed E-state index contributed by atoms with van der Waals surface area (Å²) in [5.41, 5.74) is 6.31. The van der Waals surface area contributed by atoms with Gasteiger partial charge in [0.15, 0.2) is 17.5 Å². The fourth-order valence-corrected chi connectivity index (χ4v) is 3.10. The second-order valence-electron chi connectivity index (χ2n) is 6.65. The van der Waals surface area contributed by atoms with Crippen molar-refractivity contribution in [1.29, 1.82) is 0 Å². The van der Waals surface area contributed by atoms with E-state index >= 15 is 0 Å². The number of aryl methyl sites for hydroxylation is 1. The molecule has 0 aliphatic carbocycles. The normalized spacial score (nSPS) is 11.8. The minimum atomic E-state index is -4.49. The number of hydrogen-bond donors (Lipinski definition) is 2. The average Bonchev–Trinajstić information content (AvgIpc) is 3.08. The van der Waals surface area contributed by atoms with Gasteiger partial charge in [0.2, 0.25) is 5.82 Å². The van der Waals surface area contributed by atoms with Crippen molar-refractivity contribution in [2.24, 2.45) is 0 Å². The van der Waals surface area contributed by atoms with Crippen molar-refractivity contribution in [3.05, 3.63) is 65.5 Å². The Morgan fingerprint density at radius 1 is 1.06 bits per heavy atom. The Bertz CT molecular complexity index is 1260. The highest BCUT2D eigenvalue weighted by atomic mass is 19.4. The smallest absolute Gasteiger partial charge is 0.381 e. The van der Waals surface area contributed by atoms with E-state index in [4.69, 9.17) is 5.73 Å². The highest BCUT2D eigenvalue weighted by Gasteiger charge is 2.30. The molecule has 160 valence electrons. The molecule has 0 amide bonds. The third kappa shape index (κ3) is 3.86. The Labute approximate surface area is 172 Å². The molecule has 3 aromatic heterocycles. The van der Waals surface area contributed by atoms with E-state index in [0.29, 0.717) is 23.2 Å². The molecule has 0 unspecified atom stereocenters. The Morgan fingerprint density at radius 3 is 2.42 bits per heavy atom. The summed E-state index contributed by atoms with van der Waals surface area (Å²) in [7, 11) is 0. The number of nitrogens with zero attached hydrogens (tertiary/aromatic N) is 4. The second kappa shape index (κ2) is 7.49. The molecule has 3 heterocycles. The summed E-state index contributed by atoms with van der Waals surface area (Å²) in [6.07, 6.45) is -2.60. The molecule has 0 saturated carbocycles. The molecule has 0 atom stereocenters. The number of nitrogens with one attached hydrogen (secondary N) is 1. The summed E-state index contributed by atoms with van der Waals surface area (Å²) in [5.74, 6) is -2.28. The first-order chi connectivity index (χ1) is 14.7. The number of rotatable bonds is 4. The van der Waals surface area contributed by atoms with E-state index in [1.54, 1.807) is 0 Å². The van der Waals surface area contributed by atoms with Crippen LogP contribution in [0.4, 0.5) is 39.3 Å². The molecule has 0 spiro atoms. The molecule has 4 rings (SSSR count). The molecule has 0 aliphatic heterocycles. The van der Waals surface area contributed by atoms with Gasteiger partial charge < -0.3 is 11.1 Å². The number of aromatic nitrogens is 4. The lowest BCUT2D eigenvalue weighted by atomic mass is 10.1. The van der Waals surface area contributed by atoms with Gasteiger partial charge >= 0.3 is 6.18 Å². The molecule has 11 heteroatoms. The van der Waals surface area contributed by atoms with Gasteiger partial charge in [-0.15, -0.1) is 0 Å². The van der Waals surface area contributed by atoms with Crippen LogP contribution in [0.2, 0.25) is 0 Å². The first-order valence-corrected chi connectivity index (χ1v) is 9.11. The highest BCUT2D eigenvalue weighted by molar-refractivity contribution is 5.80. The van der Waals surface area contributed by atoms with Crippen molar-refractivity contribution in [3.8, 4) is 11.4 Å². The number of nitrogen functional groups attached to an aromatic ring is 1. The molecule has 0 bridgehead atoms. The van der Waals surface area contributed by atoms with Crippen LogP contribution >= 0.6 is 0 Å². The molecule has 0 aliphatic rings. The molecular formula is C20H15F5N6. The van der Waals surface area contributed by atoms with Crippen molar-refractivity contribution in [2.75, 3.05) is 11.1 Å². The molecule has 0 saturated heterocycles. The predicted molar refractivity (Wildman–Crippen MR) is 105 cm³/mol. The third-order valence-corrected chi connectivity index (χ3v) is 4.58. The quantitative estimate of drug-likeness (QED) is 0.443. The number of hydrogen-bond acceptors (Lipinski definition) is 5. The molecule has 6 nitrogen and oxygen atoms in total. The molecule has 4 aromatic rings. The summed E-state index contributed by atoms with van der Waals surface area (Å²) in [6, 6.07) is 6.47. The number of benzene rings is 1. The van der Waals surface area contributed by atoms with Crippen LogP contribution in [0.1, 0.15) is 18.2 Å². The van der Waals surface area contributed by atoms with E-state index in [9.17, 15) is 22.0 Å². The van der Waals surface area contributed by atoms with Crippen LogP contribution in [0, 0.1) is 11.6 Å². The lowest BCUT2D eigenvalue weighted by Crippen LogP contribution is -2.07. The zero-order valence-corrected chi connectivity index (χ0v) is 16.0. The number of nitrogens with two attached hydrogens (primary N) is 1. The van der Waals surface area contributed by atoms with Crippen molar-refractivity contribution in [2.45, 2.75) is 19.5 Å². The van der Waals surface area contributed by atoms with Crippen molar-refractivity contribution in [1.82, 2.24) is 19.6 Å². The van der Waals surface area contributed by atoms with Gasteiger partial charge in [-0.25, -0.2) is 18.9 Å². The number of pyridine rings is 1. The predicted octanol–water partition coefficient (Wildman–Crippen LogP) is 4.98. The Hall–Kier alpha value is -3.76. The Morgan fingerprint density at radius 2 is 1.77 bits per heavy atom. The van der Waals surface area contributed by atoms with Crippen LogP contribution in [0.3, 0.4) is 0 Å². The van der Waals surface area contributed by atoms with Crippen LogP contribution in [-0.4, -0.2) is 19.6 Å². The maximum absolute atomic E-state index is 14.6. The largest absolute Gasteiger partial charge is 0.416 e. The van der Waals surface area contributed by atoms with Gasteiger partial charge in [-0.3, -0.25) is 0 Å². The third-order valence-electron chi connectivity index (χ3n) is 4.58. The molecule has 1 aromatic carbocycles. The van der Waals surface area contributed by atoms with Crippen molar-refractivity contribution < 1.29 is 22.0 Å². The lowest BCUT2D eigenvalue weighted by Gasteiger charge is -2.12. The number of halogens is 5. The van der Waals surface area contributed by atoms with Crippen LogP contribution in [-0.2, 0) is 12.6 Å². The second-order valence-corrected chi connectivity index (χ2v) is 6.65. The monoisotopic (exact) mass is 434 g/mol. The van der Waals surface area contributed by atoms with Crippen LogP contribution in [0.25, 0.3) is 16.9 Å². The Kier molecular flexibility index (Phi) is 4.96. The summed E-state index contributed by atoms with van der Waals surface area (Å²) in [6.45, 7) is 1.83. The first kappa shape index (κ1) is 20.5. The SMILES string of the molecule is CCc1nn2ccc(F)cc2c1-c1nc(N)c(F)c(Nc2ccc(C(F)(F)F)cc2)n1. The lowest BCUT2D eigenvalue weighted by molar-refractivity contribution is -0.137. The summed E-state index contributed by atoms with van der Waals surface area (Å²) < 4.78 is 68.1. The number of anilines is 3. The van der Waals surface area contributed by atoms with Gasteiger partial charge in [0, 0.05) is 18.0 Å². The van der Waals surface area contributed by atoms with E-state index in [1.807, 2.05) is 6.92 Å². The fraction of sp³-hybridized carbons (Fsp3) is 0.150. The topological polar surface area (TPSA) is 81.1 Å². The zero-order chi connectivity index (χ0) is 22.3. The molecular weight excluding hydrogens is 419 g/mol. The van der Waals surface area contributed by atoms with Gasteiger partial charge in [0.25, 0.3) is 0 Å². The standard InChI is InChI=1S/C20H15F5N6/c1-2-13-15(14-9-11(21)7-8-31(14)30-13)18-28-17(26)16(22)19(29-18)27-12-5-3-10(4-6-12)20(23,24)25/h3-9H,2H2,1H3,(H3,26,27,28,29). The van der Waals surface area contributed by atoms with Gasteiger partial charge in [-0.05, 0) is 36.8 Å². The van der Waals surface area contributed by atoms with Crippen LogP contribution < -0.4 is 11.1 Å². The molecule has 3 N–H and O–H groups in total. The highest BCUT2D eigenvalue weighted by Crippen LogP contribution is 2.32. The minimum Gasteiger partial charge on any atom is -0.381 e. The van der Waals surface area contributed by atoms with E-state index in [0.717, 1.165) is 24.3 Å². The van der Waals surface area contributed by atoms with E-state index in [2.05, 4.69) is 20.4 Å². The molecule has 31 heavy (non-hydrogen) atoms.